The smallest absolute Gasteiger partial charge is 0.629 e. The predicted octanol–water partition coefficient (Wildman–Crippen LogP) is 4.61. The Morgan fingerprint density at radius 3 is 2.15 bits per heavy atom. The van der Waals surface area contributed by atoms with Crippen molar-refractivity contribution in [2.24, 2.45) is 0 Å². The Labute approximate surface area is 155 Å². The molecule has 0 bridgehead atoms. The molecule has 0 spiro atoms. The fourth-order valence-electron chi connectivity index (χ4n) is 1.35. The molecule has 0 aromatic carbocycles. The minimum atomic E-state index is -1.49. The first-order valence-electron chi connectivity index (χ1n) is 5.79. The molecule has 2 aliphatic carbocycles. The Morgan fingerprint density at radius 1 is 1.15 bits per heavy atom. The molecule has 0 amide bonds. The molecule has 0 fully saturated rings. The summed E-state index contributed by atoms with van der Waals surface area (Å²) in [6.45, 7) is 6.46. The van der Waals surface area contributed by atoms with Crippen LogP contribution in [0.25, 0.3) is 0 Å². The summed E-state index contributed by atoms with van der Waals surface area (Å²) in [6, 6.07) is 0. The summed E-state index contributed by atoms with van der Waals surface area (Å²) >= 11 is 0. The fourth-order valence-corrected chi connectivity index (χ4v) is 2.18. The number of ether oxygens (including phenoxy) is 1. The largest absolute Gasteiger partial charge is 2.00 e. The van der Waals surface area contributed by atoms with E-state index in [1.54, 1.807) is 7.11 Å². The van der Waals surface area contributed by atoms with Gasteiger partial charge in [0.15, 0.2) is 0 Å². The first kappa shape index (κ1) is 25.2. The standard InChI is InChI=1S/C9H15O2Si.C5H5.2ClH.Zr/c1-10-8-6-5-7-9(8)11-12(2,3)4;1-2-4-5-3-1;;;/h7H,5H2,1-4H3;1-3H,4H2;2*1H;/q2*-1;;;+2. The van der Waals surface area contributed by atoms with Crippen molar-refractivity contribution >= 4 is 33.1 Å². The summed E-state index contributed by atoms with van der Waals surface area (Å²) in [4.78, 5) is 0. The molecular weight excluding hydrogens is 390 g/mol. The van der Waals surface area contributed by atoms with E-state index >= 15 is 0 Å². The van der Waals surface area contributed by atoms with Gasteiger partial charge >= 0.3 is 26.2 Å². The molecule has 0 atom stereocenters. The molecule has 0 unspecified atom stereocenters. The molecule has 0 saturated carbocycles. The van der Waals surface area contributed by atoms with Gasteiger partial charge in [-0.05, 0) is 31.2 Å². The van der Waals surface area contributed by atoms with E-state index < -0.39 is 8.32 Å². The van der Waals surface area contributed by atoms with Gasteiger partial charge in [-0.2, -0.15) is 6.08 Å². The normalized spacial score (nSPS) is 14.6. The van der Waals surface area contributed by atoms with Crippen molar-refractivity contribution in [1.82, 2.24) is 0 Å². The molecule has 0 aliphatic heterocycles. The second kappa shape index (κ2) is 12.9. The molecule has 0 radical (unpaired) electrons. The van der Waals surface area contributed by atoms with Gasteiger partial charge in [-0.3, -0.25) is 6.08 Å². The van der Waals surface area contributed by atoms with Gasteiger partial charge in [-0.1, -0.05) is 0 Å². The van der Waals surface area contributed by atoms with Crippen LogP contribution in [0.4, 0.5) is 0 Å². The minimum Gasteiger partial charge on any atom is -0.629 e. The Bertz CT molecular complexity index is 362. The van der Waals surface area contributed by atoms with Crippen molar-refractivity contribution in [3.63, 3.8) is 0 Å². The zero-order valence-electron chi connectivity index (χ0n) is 12.4. The number of rotatable bonds is 3. The van der Waals surface area contributed by atoms with Gasteiger partial charge in [-0.15, -0.1) is 43.7 Å². The van der Waals surface area contributed by atoms with E-state index in [1.165, 1.54) is 0 Å². The molecule has 20 heavy (non-hydrogen) atoms. The Hall–Kier alpha value is 0.240. The Kier molecular flexibility index (Phi) is 16.3. The van der Waals surface area contributed by atoms with Crippen molar-refractivity contribution in [2.75, 3.05) is 7.11 Å². The van der Waals surface area contributed by atoms with Crippen LogP contribution in [0.1, 0.15) is 12.8 Å². The summed E-state index contributed by atoms with van der Waals surface area (Å²) in [7, 11) is 0.158. The third-order valence-electron chi connectivity index (χ3n) is 1.98. The zero-order chi connectivity index (χ0) is 12.7. The van der Waals surface area contributed by atoms with E-state index in [1.807, 2.05) is 18.2 Å². The molecule has 112 valence electrons. The van der Waals surface area contributed by atoms with Gasteiger partial charge in [0, 0.05) is 0 Å². The molecule has 2 nitrogen and oxygen atoms in total. The third kappa shape index (κ3) is 11.0. The molecule has 0 N–H and O–H groups in total. The van der Waals surface area contributed by atoms with Crippen molar-refractivity contribution in [3.05, 3.63) is 48.0 Å². The molecule has 6 heteroatoms. The van der Waals surface area contributed by atoms with Crippen molar-refractivity contribution in [1.29, 1.82) is 0 Å². The number of hydrogen-bond acceptors (Lipinski definition) is 2. The fraction of sp³-hybridized carbons (Fsp3) is 0.429. The van der Waals surface area contributed by atoms with E-state index in [2.05, 4.69) is 37.9 Å². The van der Waals surface area contributed by atoms with Gasteiger partial charge < -0.3 is 9.16 Å². The zero-order valence-corrected chi connectivity index (χ0v) is 17.4. The van der Waals surface area contributed by atoms with Crippen LogP contribution < -0.4 is 0 Å². The molecule has 0 aromatic heterocycles. The molecular formula is C14H22Cl2O2SiZr. The summed E-state index contributed by atoms with van der Waals surface area (Å²) in [6.07, 6.45) is 15.9. The molecule has 0 aromatic rings. The quantitative estimate of drug-likeness (QED) is 0.498. The summed E-state index contributed by atoms with van der Waals surface area (Å²) < 4.78 is 10.9. The van der Waals surface area contributed by atoms with Crippen molar-refractivity contribution < 1.29 is 35.4 Å². The predicted molar refractivity (Wildman–Crippen MR) is 87.0 cm³/mol. The van der Waals surface area contributed by atoms with Gasteiger partial charge in [0.2, 0.25) is 8.32 Å². The maximum absolute atomic E-state index is 5.78. The molecule has 2 aliphatic rings. The summed E-state index contributed by atoms with van der Waals surface area (Å²) in [5, 5.41) is 0. The number of hydrogen-bond donors (Lipinski definition) is 0. The number of allylic oxidation sites excluding steroid dienone is 6. The van der Waals surface area contributed by atoms with Crippen LogP contribution in [0.2, 0.25) is 19.6 Å². The van der Waals surface area contributed by atoms with Crippen molar-refractivity contribution in [3.8, 4) is 0 Å². The van der Waals surface area contributed by atoms with Gasteiger partial charge in [-0.25, -0.2) is 18.2 Å². The van der Waals surface area contributed by atoms with Gasteiger partial charge in [0.05, 0.1) is 7.11 Å². The van der Waals surface area contributed by atoms with E-state index in [-0.39, 0.29) is 51.0 Å². The molecule has 0 saturated heterocycles. The van der Waals surface area contributed by atoms with Gasteiger partial charge in [0.25, 0.3) is 0 Å². The monoisotopic (exact) mass is 410 g/mol. The van der Waals surface area contributed by atoms with Crippen LogP contribution in [-0.2, 0) is 35.4 Å². The van der Waals surface area contributed by atoms with Crippen LogP contribution in [0.15, 0.2) is 35.8 Å². The molecule has 2 rings (SSSR count). The van der Waals surface area contributed by atoms with Crippen LogP contribution in [0, 0.1) is 12.2 Å². The van der Waals surface area contributed by atoms with Crippen LogP contribution in [0.3, 0.4) is 0 Å². The maximum Gasteiger partial charge on any atom is 2.00 e. The SMILES string of the molecule is COC1=[C-]CC=C1O[Si](C)(C)C.Cl.Cl.[C-]1=CC=CC1.[Zr+2]. The average molecular weight is 413 g/mol. The van der Waals surface area contributed by atoms with E-state index in [0.717, 1.165) is 24.4 Å². The van der Waals surface area contributed by atoms with E-state index in [4.69, 9.17) is 9.16 Å². The summed E-state index contributed by atoms with van der Waals surface area (Å²) in [5.41, 5.74) is 0. The molecule has 0 heterocycles. The number of halogens is 2. The number of methoxy groups -OCH3 is 1. The van der Waals surface area contributed by atoms with Gasteiger partial charge in [0.1, 0.15) is 0 Å². The second-order valence-corrected chi connectivity index (χ2v) is 9.13. The van der Waals surface area contributed by atoms with Crippen LogP contribution >= 0.6 is 24.8 Å². The Morgan fingerprint density at radius 2 is 1.80 bits per heavy atom. The van der Waals surface area contributed by atoms with E-state index in [0.29, 0.717) is 0 Å². The van der Waals surface area contributed by atoms with Crippen molar-refractivity contribution in [2.45, 2.75) is 32.5 Å². The second-order valence-electron chi connectivity index (χ2n) is 4.70. The minimum absolute atomic E-state index is 0. The summed E-state index contributed by atoms with van der Waals surface area (Å²) in [5.74, 6) is 1.63. The van der Waals surface area contributed by atoms with Crippen LogP contribution in [-0.4, -0.2) is 15.4 Å². The van der Waals surface area contributed by atoms with E-state index in [9.17, 15) is 0 Å². The first-order valence-corrected chi connectivity index (χ1v) is 9.20. The third-order valence-corrected chi connectivity index (χ3v) is 2.81. The van der Waals surface area contributed by atoms with Crippen LogP contribution in [0.5, 0.6) is 0 Å². The topological polar surface area (TPSA) is 18.5 Å². The average Bonchev–Trinajstić information content (AvgIpc) is 2.87. The maximum atomic E-state index is 5.78. The Balaban J connectivity index is -0.000000312. The first-order chi connectivity index (χ1) is 8.03.